The van der Waals surface area contributed by atoms with Gasteiger partial charge < -0.3 is 10.2 Å². The van der Waals surface area contributed by atoms with Gasteiger partial charge in [-0.3, -0.25) is 4.98 Å². The third-order valence-electron chi connectivity index (χ3n) is 3.44. The Morgan fingerprint density at radius 2 is 2.29 bits per heavy atom. The van der Waals surface area contributed by atoms with E-state index in [1.807, 2.05) is 30.9 Å². The van der Waals surface area contributed by atoms with Crippen molar-refractivity contribution in [1.82, 2.24) is 15.2 Å². The van der Waals surface area contributed by atoms with Gasteiger partial charge in [-0.25, -0.2) is 4.99 Å². The number of aliphatic imine (C=N–C) groups is 1. The van der Waals surface area contributed by atoms with E-state index in [9.17, 15) is 0 Å². The highest BCUT2D eigenvalue weighted by Crippen LogP contribution is 2.29. The van der Waals surface area contributed by atoms with Crippen LogP contribution in [0.5, 0.6) is 0 Å². The summed E-state index contributed by atoms with van der Waals surface area (Å²) in [6, 6.07) is 4.14. The quantitative estimate of drug-likeness (QED) is 0.688. The van der Waals surface area contributed by atoms with Crippen molar-refractivity contribution in [3.05, 3.63) is 29.6 Å². The van der Waals surface area contributed by atoms with Crippen LogP contribution in [0.2, 0.25) is 0 Å². The van der Waals surface area contributed by atoms with Crippen LogP contribution < -0.4 is 5.32 Å². The molecule has 0 unspecified atom stereocenters. The Bertz CT molecular complexity index is 482. The Kier molecular flexibility index (Phi) is 5.51. The molecule has 1 saturated heterocycles. The van der Waals surface area contributed by atoms with E-state index in [0.29, 0.717) is 11.3 Å². The van der Waals surface area contributed by atoms with Gasteiger partial charge in [0.15, 0.2) is 5.96 Å². The largest absolute Gasteiger partial charge is 0.357 e. The van der Waals surface area contributed by atoms with Gasteiger partial charge in [0.05, 0.1) is 6.54 Å². The molecule has 0 amide bonds. The van der Waals surface area contributed by atoms with E-state index in [1.54, 1.807) is 0 Å². The number of nitrogens with one attached hydrogen (secondary N) is 1. The molecule has 0 spiro atoms. The lowest BCUT2D eigenvalue weighted by Crippen LogP contribution is -2.50. The first-order chi connectivity index (χ1) is 10.00. The summed E-state index contributed by atoms with van der Waals surface area (Å²) in [6.45, 7) is 12.4. The monoisotopic (exact) mass is 306 g/mol. The summed E-state index contributed by atoms with van der Waals surface area (Å²) in [7, 11) is 0. The van der Waals surface area contributed by atoms with Crippen molar-refractivity contribution in [2.45, 2.75) is 39.0 Å². The number of thioether (sulfide) groups is 1. The number of pyridine rings is 1. The van der Waals surface area contributed by atoms with E-state index in [1.165, 1.54) is 0 Å². The molecule has 0 aromatic carbocycles. The van der Waals surface area contributed by atoms with Gasteiger partial charge in [0.1, 0.15) is 0 Å². The first-order valence-corrected chi connectivity index (χ1v) is 8.57. The number of guanidine groups is 1. The maximum atomic E-state index is 4.78. The molecule has 116 valence electrons. The second kappa shape index (κ2) is 7.16. The molecule has 1 fully saturated rings. The van der Waals surface area contributed by atoms with Gasteiger partial charge in [-0.15, -0.1) is 0 Å². The third-order valence-corrected chi connectivity index (χ3v) is 4.74. The normalized spacial score (nSPS) is 18.7. The van der Waals surface area contributed by atoms with Gasteiger partial charge in [0.2, 0.25) is 0 Å². The second-order valence-electron chi connectivity index (χ2n) is 6.01. The minimum absolute atomic E-state index is 0.292. The van der Waals surface area contributed by atoms with E-state index in [-0.39, 0.29) is 0 Å². The van der Waals surface area contributed by atoms with Crippen LogP contribution in [0.4, 0.5) is 0 Å². The average molecular weight is 306 g/mol. The van der Waals surface area contributed by atoms with Gasteiger partial charge in [0, 0.05) is 42.0 Å². The van der Waals surface area contributed by atoms with Gasteiger partial charge in [-0.2, -0.15) is 11.8 Å². The molecule has 0 radical (unpaired) electrons. The molecular formula is C16H26N4S. The van der Waals surface area contributed by atoms with E-state index < -0.39 is 0 Å². The topological polar surface area (TPSA) is 40.5 Å². The van der Waals surface area contributed by atoms with Crippen LogP contribution in [-0.4, -0.2) is 46.0 Å². The van der Waals surface area contributed by atoms with Crippen LogP contribution in [0.15, 0.2) is 23.3 Å². The smallest absolute Gasteiger partial charge is 0.194 e. The zero-order chi connectivity index (χ0) is 15.3. The summed E-state index contributed by atoms with van der Waals surface area (Å²) in [5.74, 6) is 2.18. The van der Waals surface area contributed by atoms with Crippen molar-refractivity contribution in [3.63, 3.8) is 0 Å². The third kappa shape index (κ3) is 4.92. The van der Waals surface area contributed by atoms with Crippen LogP contribution >= 0.6 is 11.8 Å². The fourth-order valence-corrected chi connectivity index (χ4v) is 3.49. The van der Waals surface area contributed by atoms with Crippen LogP contribution in [0.1, 0.15) is 32.0 Å². The highest BCUT2D eigenvalue weighted by molar-refractivity contribution is 8.00. The molecule has 0 atom stereocenters. The Morgan fingerprint density at radius 1 is 1.48 bits per heavy atom. The Labute approximate surface area is 132 Å². The summed E-state index contributed by atoms with van der Waals surface area (Å²) < 4.78 is 0.292. The zero-order valence-electron chi connectivity index (χ0n) is 13.5. The van der Waals surface area contributed by atoms with E-state index in [0.717, 1.165) is 42.6 Å². The molecule has 0 bridgehead atoms. The molecule has 21 heavy (non-hydrogen) atoms. The van der Waals surface area contributed by atoms with Gasteiger partial charge >= 0.3 is 0 Å². The lowest BCUT2D eigenvalue weighted by atomic mass is 10.2. The predicted octanol–water partition coefficient (Wildman–Crippen LogP) is 2.68. The van der Waals surface area contributed by atoms with Gasteiger partial charge in [-0.1, -0.05) is 6.07 Å². The zero-order valence-corrected chi connectivity index (χ0v) is 14.3. The van der Waals surface area contributed by atoms with E-state index in [4.69, 9.17) is 4.99 Å². The molecular weight excluding hydrogens is 280 g/mol. The molecule has 2 heterocycles. The van der Waals surface area contributed by atoms with Crippen molar-refractivity contribution in [1.29, 1.82) is 0 Å². The number of hydrogen-bond donors (Lipinski definition) is 1. The molecule has 1 aromatic rings. The maximum Gasteiger partial charge on any atom is 0.194 e. The molecule has 5 heteroatoms. The molecule has 4 nitrogen and oxygen atoms in total. The summed E-state index contributed by atoms with van der Waals surface area (Å²) in [5, 5.41) is 3.42. The van der Waals surface area contributed by atoms with Crippen LogP contribution in [-0.2, 0) is 6.54 Å². The van der Waals surface area contributed by atoms with Crippen LogP contribution in [0, 0.1) is 6.92 Å². The lowest BCUT2D eigenvalue weighted by Gasteiger charge is -2.39. The Morgan fingerprint density at radius 3 is 2.90 bits per heavy atom. The van der Waals surface area contributed by atoms with E-state index in [2.05, 4.69) is 42.0 Å². The SMILES string of the molecule is CCNC(=NCc1ccc(C)nc1)N1CCSC(C)(C)C1. The summed E-state index contributed by atoms with van der Waals surface area (Å²) in [6.07, 6.45) is 1.92. The predicted molar refractivity (Wildman–Crippen MR) is 91.9 cm³/mol. The van der Waals surface area contributed by atoms with Crippen LogP contribution in [0.3, 0.4) is 0 Å². The second-order valence-corrected chi connectivity index (χ2v) is 7.81. The lowest BCUT2D eigenvalue weighted by molar-refractivity contribution is 0.376. The van der Waals surface area contributed by atoms with Crippen molar-refractivity contribution in [2.75, 3.05) is 25.4 Å². The maximum absolute atomic E-state index is 4.78. The molecule has 1 aromatic heterocycles. The number of hydrogen-bond acceptors (Lipinski definition) is 3. The van der Waals surface area contributed by atoms with Gasteiger partial charge in [0.25, 0.3) is 0 Å². The number of nitrogens with zero attached hydrogens (tertiary/aromatic N) is 3. The highest BCUT2D eigenvalue weighted by atomic mass is 32.2. The van der Waals surface area contributed by atoms with Crippen molar-refractivity contribution in [2.24, 2.45) is 4.99 Å². The van der Waals surface area contributed by atoms with Crippen molar-refractivity contribution < 1.29 is 0 Å². The first-order valence-electron chi connectivity index (χ1n) is 7.59. The standard InChI is InChI=1S/C16H26N4S/c1-5-17-15(20-8-9-21-16(3,4)12-20)19-11-14-7-6-13(2)18-10-14/h6-7,10H,5,8-9,11-12H2,1-4H3,(H,17,19). The van der Waals surface area contributed by atoms with E-state index >= 15 is 0 Å². The summed E-state index contributed by atoms with van der Waals surface area (Å²) >= 11 is 2.04. The first kappa shape index (κ1) is 16.1. The Balaban J connectivity index is 2.06. The number of rotatable bonds is 3. The fraction of sp³-hybridized carbons (Fsp3) is 0.625. The van der Waals surface area contributed by atoms with Crippen LogP contribution in [0.25, 0.3) is 0 Å². The molecule has 1 aliphatic heterocycles. The molecule has 2 rings (SSSR count). The highest BCUT2D eigenvalue weighted by Gasteiger charge is 2.28. The minimum atomic E-state index is 0.292. The van der Waals surface area contributed by atoms with Gasteiger partial charge in [-0.05, 0) is 39.3 Å². The molecule has 1 aliphatic rings. The fourth-order valence-electron chi connectivity index (χ4n) is 2.38. The average Bonchev–Trinajstić information content (AvgIpc) is 2.44. The Hall–Kier alpha value is -1.23. The van der Waals surface area contributed by atoms with Crippen molar-refractivity contribution >= 4 is 17.7 Å². The summed E-state index contributed by atoms with van der Waals surface area (Å²) in [4.78, 5) is 11.5. The van der Waals surface area contributed by atoms with Crippen molar-refractivity contribution in [3.8, 4) is 0 Å². The molecule has 1 N–H and O–H groups in total. The number of aromatic nitrogens is 1. The summed E-state index contributed by atoms with van der Waals surface area (Å²) in [5.41, 5.74) is 2.20. The molecule has 0 aliphatic carbocycles. The molecule has 0 saturated carbocycles. The minimum Gasteiger partial charge on any atom is -0.357 e. The number of aryl methyl sites for hydroxylation is 1.